The molecule has 0 spiro atoms. The molecule has 3 heterocycles. The van der Waals surface area contributed by atoms with E-state index in [2.05, 4.69) is 43.2 Å². The first kappa shape index (κ1) is 18.6. The fourth-order valence-electron chi connectivity index (χ4n) is 3.30. The van der Waals surface area contributed by atoms with Crippen molar-refractivity contribution >= 4 is 23.4 Å². The number of fused-ring (bicyclic) bond motifs is 1. The van der Waals surface area contributed by atoms with Crippen LogP contribution in [-0.4, -0.2) is 39.4 Å². The van der Waals surface area contributed by atoms with Gasteiger partial charge in [0.25, 0.3) is 5.89 Å². The Morgan fingerprint density at radius 2 is 1.96 bits per heavy atom. The molecule has 1 N–H and O–H groups in total. The summed E-state index contributed by atoms with van der Waals surface area (Å²) < 4.78 is 13.2. The number of benzene rings is 2. The smallest absolute Gasteiger partial charge is 0.257 e. The molecule has 2 aromatic heterocycles. The molecule has 0 aliphatic carbocycles. The van der Waals surface area contributed by atoms with Crippen LogP contribution >= 0.6 is 12.4 Å². The number of ether oxygens (including phenoxy) is 1. The molecule has 1 aliphatic rings. The Bertz CT molecular complexity index is 1050. The SMILES string of the molecule is Cl.c1ccc2c(c1)ncn2Cc1ccc(-c2noc([C@@H]3CNCCO3)n2)cc1. The maximum absolute atomic E-state index is 5.66. The highest BCUT2D eigenvalue weighted by Crippen LogP contribution is 2.22. The number of hydrogen-bond donors (Lipinski definition) is 1. The van der Waals surface area contributed by atoms with Crippen molar-refractivity contribution in [3.8, 4) is 11.4 Å². The summed E-state index contributed by atoms with van der Waals surface area (Å²) in [6, 6.07) is 16.3. The number of rotatable bonds is 4. The molecule has 4 aromatic rings. The van der Waals surface area contributed by atoms with E-state index in [1.165, 1.54) is 5.56 Å². The van der Waals surface area contributed by atoms with Crippen molar-refractivity contribution in [2.45, 2.75) is 12.6 Å². The molecule has 2 aromatic carbocycles. The van der Waals surface area contributed by atoms with Crippen LogP contribution in [-0.2, 0) is 11.3 Å². The average Bonchev–Trinajstić information content (AvgIpc) is 3.37. The first-order valence-corrected chi connectivity index (χ1v) is 9.02. The van der Waals surface area contributed by atoms with E-state index >= 15 is 0 Å². The van der Waals surface area contributed by atoms with E-state index in [0.29, 0.717) is 24.9 Å². The van der Waals surface area contributed by atoms with E-state index in [1.807, 2.05) is 36.7 Å². The second-order valence-electron chi connectivity index (χ2n) is 6.58. The minimum absolute atomic E-state index is 0. The monoisotopic (exact) mass is 397 g/mol. The van der Waals surface area contributed by atoms with Crippen molar-refractivity contribution in [3.63, 3.8) is 0 Å². The molecule has 1 fully saturated rings. The Morgan fingerprint density at radius 3 is 2.79 bits per heavy atom. The number of nitrogens with one attached hydrogen (secondary N) is 1. The second kappa shape index (κ2) is 8.10. The van der Waals surface area contributed by atoms with Crippen molar-refractivity contribution < 1.29 is 9.26 Å². The van der Waals surface area contributed by atoms with Gasteiger partial charge in [-0.1, -0.05) is 41.6 Å². The van der Waals surface area contributed by atoms with Crippen LogP contribution in [0.1, 0.15) is 17.6 Å². The molecule has 144 valence electrons. The molecule has 0 unspecified atom stereocenters. The maximum Gasteiger partial charge on any atom is 0.257 e. The van der Waals surface area contributed by atoms with E-state index in [4.69, 9.17) is 9.26 Å². The summed E-state index contributed by atoms with van der Waals surface area (Å²) in [4.78, 5) is 8.93. The highest BCUT2D eigenvalue weighted by molar-refractivity contribution is 5.85. The van der Waals surface area contributed by atoms with Gasteiger partial charge in [-0.25, -0.2) is 4.98 Å². The zero-order valence-corrected chi connectivity index (χ0v) is 15.9. The Kier molecular flexibility index (Phi) is 5.38. The van der Waals surface area contributed by atoms with Crippen LogP contribution in [0.25, 0.3) is 22.4 Å². The summed E-state index contributed by atoms with van der Waals surface area (Å²) in [7, 11) is 0. The lowest BCUT2D eigenvalue weighted by Gasteiger charge is -2.19. The molecule has 0 amide bonds. The summed E-state index contributed by atoms with van der Waals surface area (Å²) >= 11 is 0. The van der Waals surface area contributed by atoms with E-state index in [1.54, 1.807) is 0 Å². The van der Waals surface area contributed by atoms with Gasteiger partial charge in [0.1, 0.15) is 6.10 Å². The number of hydrogen-bond acceptors (Lipinski definition) is 6. The van der Waals surface area contributed by atoms with Gasteiger partial charge in [0.15, 0.2) is 0 Å². The first-order chi connectivity index (χ1) is 13.4. The second-order valence-corrected chi connectivity index (χ2v) is 6.58. The van der Waals surface area contributed by atoms with E-state index < -0.39 is 0 Å². The summed E-state index contributed by atoms with van der Waals surface area (Å²) in [5.41, 5.74) is 4.25. The highest BCUT2D eigenvalue weighted by Gasteiger charge is 2.22. The Hall–Kier alpha value is -2.74. The Morgan fingerprint density at radius 1 is 1.11 bits per heavy atom. The molecule has 5 rings (SSSR count). The van der Waals surface area contributed by atoms with Crippen molar-refractivity contribution in [2.24, 2.45) is 0 Å². The van der Waals surface area contributed by atoms with E-state index in [0.717, 1.165) is 29.7 Å². The number of morpholine rings is 1. The summed E-state index contributed by atoms with van der Waals surface area (Å²) in [5, 5.41) is 7.36. The Labute approximate surface area is 168 Å². The van der Waals surface area contributed by atoms with Crippen LogP contribution in [0.5, 0.6) is 0 Å². The number of halogens is 1. The van der Waals surface area contributed by atoms with Gasteiger partial charge in [0, 0.05) is 25.2 Å². The number of aromatic nitrogens is 4. The topological polar surface area (TPSA) is 78.0 Å². The molecule has 0 radical (unpaired) electrons. The van der Waals surface area contributed by atoms with Gasteiger partial charge in [-0.05, 0) is 17.7 Å². The van der Waals surface area contributed by atoms with Crippen LogP contribution in [0.15, 0.2) is 59.4 Å². The molecule has 7 nitrogen and oxygen atoms in total. The molecular formula is C20H20ClN5O2. The quantitative estimate of drug-likeness (QED) is 0.569. The van der Waals surface area contributed by atoms with Crippen LogP contribution in [0.3, 0.4) is 0 Å². The van der Waals surface area contributed by atoms with Crippen LogP contribution in [0.4, 0.5) is 0 Å². The zero-order chi connectivity index (χ0) is 18.1. The van der Waals surface area contributed by atoms with Crippen LogP contribution < -0.4 is 5.32 Å². The predicted octanol–water partition coefficient (Wildman–Crippen LogP) is 3.22. The fourth-order valence-corrected chi connectivity index (χ4v) is 3.30. The minimum atomic E-state index is -0.172. The summed E-state index contributed by atoms with van der Waals surface area (Å²) in [6.07, 6.45) is 1.70. The van der Waals surface area contributed by atoms with Crippen LogP contribution in [0, 0.1) is 0 Å². The molecule has 1 saturated heterocycles. The third kappa shape index (κ3) is 3.64. The number of para-hydroxylation sites is 2. The van der Waals surface area contributed by atoms with Crippen LogP contribution in [0.2, 0.25) is 0 Å². The molecule has 8 heteroatoms. The van der Waals surface area contributed by atoms with E-state index in [-0.39, 0.29) is 18.5 Å². The fraction of sp³-hybridized carbons (Fsp3) is 0.250. The standard InChI is InChI=1S/C20H19N5O2.ClH/c1-2-4-17-16(3-1)22-13-25(17)12-14-5-7-15(8-6-14)19-23-20(27-24-19)18-11-21-9-10-26-18;/h1-8,13,18,21H,9-12H2;1H/t18-;/m0./s1. The van der Waals surface area contributed by atoms with Gasteiger partial charge in [-0.3, -0.25) is 0 Å². The third-order valence-electron chi connectivity index (χ3n) is 4.74. The van der Waals surface area contributed by atoms with Gasteiger partial charge < -0.3 is 19.1 Å². The van der Waals surface area contributed by atoms with Crippen molar-refractivity contribution in [2.75, 3.05) is 19.7 Å². The number of imidazole rings is 1. The van der Waals surface area contributed by atoms with Gasteiger partial charge in [-0.15, -0.1) is 12.4 Å². The van der Waals surface area contributed by atoms with Gasteiger partial charge in [0.05, 0.1) is 24.0 Å². The predicted molar refractivity (Wildman–Crippen MR) is 107 cm³/mol. The molecule has 1 atom stereocenters. The van der Waals surface area contributed by atoms with Crippen molar-refractivity contribution in [1.29, 1.82) is 0 Å². The molecular weight excluding hydrogens is 378 g/mol. The van der Waals surface area contributed by atoms with Gasteiger partial charge in [0.2, 0.25) is 5.82 Å². The molecule has 0 bridgehead atoms. The number of nitrogens with zero attached hydrogens (tertiary/aromatic N) is 4. The molecule has 28 heavy (non-hydrogen) atoms. The first-order valence-electron chi connectivity index (χ1n) is 9.02. The van der Waals surface area contributed by atoms with Crippen molar-refractivity contribution in [3.05, 3.63) is 66.3 Å². The Balaban J connectivity index is 0.00000192. The molecule has 1 aliphatic heterocycles. The maximum atomic E-state index is 5.66. The largest absolute Gasteiger partial charge is 0.366 e. The summed E-state index contributed by atoms with van der Waals surface area (Å²) in [5.74, 6) is 1.10. The minimum Gasteiger partial charge on any atom is -0.366 e. The van der Waals surface area contributed by atoms with Gasteiger partial charge >= 0.3 is 0 Å². The highest BCUT2D eigenvalue weighted by atomic mass is 35.5. The average molecular weight is 398 g/mol. The lowest BCUT2D eigenvalue weighted by Crippen LogP contribution is -2.33. The summed E-state index contributed by atoms with van der Waals surface area (Å²) in [6.45, 7) is 2.96. The normalized spacial score (nSPS) is 16.8. The van der Waals surface area contributed by atoms with Crippen molar-refractivity contribution in [1.82, 2.24) is 25.0 Å². The molecule has 0 saturated carbocycles. The zero-order valence-electron chi connectivity index (χ0n) is 15.1. The van der Waals surface area contributed by atoms with Gasteiger partial charge in [-0.2, -0.15) is 4.98 Å². The van der Waals surface area contributed by atoms with E-state index in [9.17, 15) is 0 Å². The third-order valence-corrected chi connectivity index (χ3v) is 4.74. The lowest BCUT2D eigenvalue weighted by molar-refractivity contribution is 0.00755. The lowest BCUT2D eigenvalue weighted by atomic mass is 10.1.